The third-order valence-corrected chi connectivity index (χ3v) is 5.74. The van der Waals surface area contributed by atoms with E-state index in [0.29, 0.717) is 38.0 Å². The van der Waals surface area contributed by atoms with Gasteiger partial charge in [0.15, 0.2) is 0 Å². The second-order valence-electron chi connectivity index (χ2n) is 7.68. The zero-order valence-corrected chi connectivity index (χ0v) is 16.3. The zero-order chi connectivity index (χ0) is 20.2. The average Bonchev–Trinajstić information content (AvgIpc) is 3.21. The second-order valence-corrected chi connectivity index (χ2v) is 7.68. The van der Waals surface area contributed by atoms with Crippen LogP contribution in [-0.4, -0.2) is 46.6 Å². The number of hydrogen-bond donors (Lipinski definition) is 1. The maximum atomic E-state index is 14.0. The quantitative estimate of drug-likeness (QED) is 0.732. The molecule has 3 atom stereocenters. The molecule has 152 valence electrons. The van der Waals surface area contributed by atoms with Gasteiger partial charge in [-0.05, 0) is 30.5 Å². The highest BCUT2D eigenvalue weighted by Gasteiger charge is 2.40. The number of carbonyl (C=O) groups is 2. The van der Waals surface area contributed by atoms with E-state index in [0.717, 1.165) is 6.42 Å². The summed E-state index contributed by atoms with van der Waals surface area (Å²) in [6.07, 6.45) is 6.29. The maximum absolute atomic E-state index is 14.0. The van der Waals surface area contributed by atoms with Crippen molar-refractivity contribution in [3.8, 4) is 0 Å². The molecular weight excluding hydrogens is 369 g/mol. The summed E-state index contributed by atoms with van der Waals surface area (Å²) in [6.45, 7) is 1.05. The number of allylic oxidation sites excluding steroid dienone is 1. The van der Waals surface area contributed by atoms with E-state index in [2.05, 4.69) is 5.32 Å². The standard InChI is InChI=1S/C23H26FN3O2/c24-18-10-11-19-21(16-18)27(23(29)20-8-4-14-26(19)20)15-5-9-22(28)25-13-12-17-6-2-1-3-7-17/h1-4,6-8,10-11,14,18-19,21H,5,9,12-13,15-16H2,(H,25,28)/t18-,19?,21?/m0/s1. The van der Waals surface area contributed by atoms with E-state index < -0.39 is 6.17 Å². The van der Waals surface area contributed by atoms with Crippen molar-refractivity contribution in [2.75, 3.05) is 13.1 Å². The molecule has 1 aliphatic heterocycles. The Kier molecular flexibility index (Phi) is 5.79. The van der Waals surface area contributed by atoms with Gasteiger partial charge in [0.2, 0.25) is 5.91 Å². The highest BCUT2D eigenvalue weighted by atomic mass is 19.1. The molecule has 1 aliphatic carbocycles. The molecule has 0 radical (unpaired) electrons. The highest BCUT2D eigenvalue weighted by Crippen LogP contribution is 2.35. The monoisotopic (exact) mass is 395 g/mol. The van der Waals surface area contributed by atoms with Crippen molar-refractivity contribution in [2.45, 2.75) is 43.9 Å². The molecule has 5 nitrogen and oxygen atoms in total. The van der Waals surface area contributed by atoms with Crippen molar-refractivity contribution in [1.82, 2.24) is 14.8 Å². The third kappa shape index (κ3) is 4.26. The number of nitrogens with one attached hydrogen (secondary N) is 1. The summed E-state index contributed by atoms with van der Waals surface area (Å²) >= 11 is 0. The summed E-state index contributed by atoms with van der Waals surface area (Å²) < 4.78 is 15.9. The largest absolute Gasteiger partial charge is 0.356 e. The molecule has 2 aliphatic rings. The smallest absolute Gasteiger partial charge is 0.270 e. The number of carbonyl (C=O) groups excluding carboxylic acids is 2. The summed E-state index contributed by atoms with van der Waals surface area (Å²) in [5.74, 6) is -0.0968. The first-order valence-electron chi connectivity index (χ1n) is 10.2. The van der Waals surface area contributed by atoms with Gasteiger partial charge in [-0.15, -0.1) is 0 Å². The lowest BCUT2D eigenvalue weighted by atomic mass is 9.91. The second kappa shape index (κ2) is 8.64. The number of hydrogen-bond acceptors (Lipinski definition) is 2. The molecule has 1 N–H and O–H groups in total. The van der Waals surface area contributed by atoms with Crippen LogP contribution in [0.4, 0.5) is 4.39 Å². The van der Waals surface area contributed by atoms with Crippen LogP contribution < -0.4 is 5.32 Å². The SMILES string of the molecule is O=C(CCCN1C(=O)c2cccn2C2C=C[C@H](F)CC21)NCCc1ccccc1. The minimum atomic E-state index is -1.04. The van der Waals surface area contributed by atoms with Gasteiger partial charge in [-0.3, -0.25) is 9.59 Å². The van der Waals surface area contributed by atoms with E-state index in [-0.39, 0.29) is 23.9 Å². The van der Waals surface area contributed by atoms with Gasteiger partial charge >= 0.3 is 0 Å². The molecule has 0 saturated heterocycles. The minimum absolute atomic E-state index is 0.0165. The summed E-state index contributed by atoms with van der Waals surface area (Å²) in [6, 6.07) is 13.4. The number of nitrogens with zero attached hydrogens (tertiary/aromatic N) is 2. The molecule has 6 heteroatoms. The van der Waals surface area contributed by atoms with Crippen molar-refractivity contribution in [1.29, 1.82) is 0 Å². The predicted molar refractivity (Wildman–Crippen MR) is 109 cm³/mol. The Bertz CT molecular complexity index is 893. The van der Waals surface area contributed by atoms with Crippen LogP contribution >= 0.6 is 0 Å². The fraction of sp³-hybridized carbons (Fsp3) is 0.391. The van der Waals surface area contributed by atoms with Crippen LogP contribution in [0.3, 0.4) is 0 Å². The van der Waals surface area contributed by atoms with Gasteiger partial charge in [-0.2, -0.15) is 0 Å². The molecule has 4 rings (SSSR count). The van der Waals surface area contributed by atoms with Gasteiger partial charge in [0.1, 0.15) is 11.9 Å². The van der Waals surface area contributed by atoms with Gasteiger partial charge in [0.05, 0.1) is 12.1 Å². The lowest BCUT2D eigenvalue weighted by Crippen LogP contribution is -2.52. The Labute approximate surface area is 170 Å². The molecule has 1 aromatic carbocycles. The highest BCUT2D eigenvalue weighted by molar-refractivity contribution is 5.94. The van der Waals surface area contributed by atoms with Gasteiger partial charge in [0, 0.05) is 32.1 Å². The molecule has 2 amide bonds. The Hall–Kier alpha value is -2.89. The average molecular weight is 395 g/mol. The molecule has 0 saturated carbocycles. The fourth-order valence-electron chi connectivity index (χ4n) is 4.29. The Balaban J connectivity index is 1.30. The number of alkyl halides is 1. The summed E-state index contributed by atoms with van der Waals surface area (Å²) in [5, 5.41) is 2.94. The van der Waals surface area contributed by atoms with E-state index in [1.807, 2.05) is 53.2 Å². The van der Waals surface area contributed by atoms with Crippen molar-refractivity contribution in [3.63, 3.8) is 0 Å². The van der Waals surface area contributed by atoms with Crippen LogP contribution in [0.5, 0.6) is 0 Å². The number of amides is 2. The zero-order valence-electron chi connectivity index (χ0n) is 16.3. The van der Waals surface area contributed by atoms with Crippen LogP contribution in [0.15, 0.2) is 60.8 Å². The van der Waals surface area contributed by atoms with E-state index in [1.165, 1.54) is 5.56 Å². The van der Waals surface area contributed by atoms with Gasteiger partial charge in [0.25, 0.3) is 5.91 Å². The number of aromatic nitrogens is 1. The first-order chi connectivity index (χ1) is 14.1. The van der Waals surface area contributed by atoms with E-state index in [1.54, 1.807) is 17.0 Å². The van der Waals surface area contributed by atoms with Crippen LogP contribution in [0, 0.1) is 0 Å². The van der Waals surface area contributed by atoms with Crippen LogP contribution in [0.1, 0.15) is 41.4 Å². The van der Waals surface area contributed by atoms with Gasteiger partial charge < -0.3 is 14.8 Å². The van der Waals surface area contributed by atoms with Gasteiger partial charge in [-0.1, -0.05) is 42.5 Å². The molecule has 29 heavy (non-hydrogen) atoms. The van der Waals surface area contributed by atoms with E-state index >= 15 is 0 Å². The van der Waals surface area contributed by atoms with Crippen LogP contribution in [-0.2, 0) is 11.2 Å². The van der Waals surface area contributed by atoms with Crippen molar-refractivity contribution in [3.05, 3.63) is 72.1 Å². The molecule has 2 heterocycles. The van der Waals surface area contributed by atoms with E-state index in [4.69, 9.17) is 0 Å². The summed E-state index contributed by atoms with van der Waals surface area (Å²) in [4.78, 5) is 26.8. The minimum Gasteiger partial charge on any atom is -0.356 e. The van der Waals surface area contributed by atoms with Crippen molar-refractivity contribution >= 4 is 11.8 Å². The lowest BCUT2D eigenvalue weighted by molar-refractivity contribution is -0.121. The summed E-state index contributed by atoms with van der Waals surface area (Å²) in [5.41, 5.74) is 1.81. The van der Waals surface area contributed by atoms with Gasteiger partial charge in [-0.25, -0.2) is 4.39 Å². The molecule has 0 bridgehead atoms. The third-order valence-electron chi connectivity index (χ3n) is 5.74. The number of fused-ring (bicyclic) bond motifs is 3. The molecule has 2 aromatic rings. The first-order valence-corrected chi connectivity index (χ1v) is 10.2. The normalized spacial score (nSPS) is 22.9. The fourth-order valence-corrected chi connectivity index (χ4v) is 4.29. The van der Waals surface area contributed by atoms with Crippen LogP contribution in [0.25, 0.3) is 0 Å². The maximum Gasteiger partial charge on any atom is 0.270 e. The van der Waals surface area contributed by atoms with Crippen molar-refractivity contribution < 1.29 is 14.0 Å². The Morgan fingerprint density at radius 2 is 1.97 bits per heavy atom. The number of rotatable bonds is 7. The van der Waals surface area contributed by atoms with Crippen molar-refractivity contribution in [2.24, 2.45) is 0 Å². The number of benzene rings is 1. The van der Waals surface area contributed by atoms with Crippen LogP contribution in [0.2, 0.25) is 0 Å². The molecular formula is C23H26FN3O2. The molecule has 1 aromatic heterocycles. The molecule has 0 fully saturated rings. The Morgan fingerprint density at radius 3 is 2.79 bits per heavy atom. The molecule has 2 unspecified atom stereocenters. The first kappa shape index (κ1) is 19.4. The topological polar surface area (TPSA) is 54.3 Å². The number of halogens is 1. The lowest BCUT2D eigenvalue weighted by Gasteiger charge is -2.43. The predicted octanol–water partition coefficient (Wildman–Crippen LogP) is 3.29. The van der Waals surface area contributed by atoms with E-state index in [9.17, 15) is 14.0 Å². The Morgan fingerprint density at radius 1 is 1.14 bits per heavy atom. The summed E-state index contributed by atoms with van der Waals surface area (Å²) in [7, 11) is 0. The molecule has 0 spiro atoms.